The molecule has 3 aromatic rings. The average molecular weight is 380 g/mol. The molecule has 0 N–H and O–H groups in total. The predicted octanol–water partition coefficient (Wildman–Crippen LogP) is 2.51. The minimum Gasteiger partial charge on any atom is -0.378 e. The number of imidazole rings is 1. The van der Waals surface area contributed by atoms with Gasteiger partial charge in [0.05, 0.1) is 30.2 Å². The summed E-state index contributed by atoms with van der Waals surface area (Å²) in [4.78, 5) is 21.5. The highest BCUT2D eigenvalue weighted by Crippen LogP contribution is 2.34. The van der Waals surface area contributed by atoms with Crippen molar-refractivity contribution in [1.82, 2.24) is 14.3 Å². The Hall–Kier alpha value is -2.93. The number of carbonyl (C=O) groups is 1. The highest BCUT2D eigenvalue weighted by Gasteiger charge is 2.34. The first-order valence-corrected chi connectivity index (χ1v) is 9.56. The molecule has 2 aliphatic heterocycles. The summed E-state index contributed by atoms with van der Waals surface area (Å²) in [6.45, 7) is 3.50. The predicted molar refractivity (Wildman–Crippen MR) is 103 cm³/mol. The summed E-state index contributed by atoms with van der Waals surface area (Å²) in [5.41, 5.74) is 3.64. The largest absolute Gasteiger partial charge is 0.378 e. The number of ether oxygens (including phenoxy) is 1. The van der Waals surface area contributed by atoms with E-state index in [-0.39, 0.29) is 11.7 Å². The van der Waals surface area contributed by atoms with Crippen LogP contribution in [0.3, 0.4) is 0 Å². The summed E-state index contributed by atoms with van der Waals surface area (Å²) in [5, 5.41) is 0. The molecule has 1 fully saturated rings. The van der Waals surface area contributed by atoms with Crippen molar-refractivity contribution in [2.45, 2.75) is 13.0 Å². The molecule has 1 amide bonds. The second-order valence-corrected chi connectivity index (χ2v) is 7.19. The van der Waals surface area contributed by atoms with Crippen molar-refractivity contribution in [3.8, 4) is 0 Å². The van der Waals surface area contributed by atoms with E-state index in [9.17, 15) is 9.18 Å². The first-order valence-electron chi connectivity index (χ1n) is 9.56. The van der Waals surface area contributed by atoms with E-state index < -0.39 is 0 Å². The van der Waals surface area contributed by atoms with Crippen molar-refractivity contribution in [1.29, 1.82) is 0 Å². The Balaban J connectivity index is 1.37. The summed E-state index contributed by atoms with van der Waals surface area (Å²) >= 11 is 0. The quantitative estimate of drug-likeness (QED) is 0.698. The molecule has 0 radical (unpaired) electrons. The smallest absolute Gasteiger partial charge is 0.256 e. The Morgan fingerprint density at radius 1 is 1.14 bits per heavy atom. The van der Waals surface area contributed by atoms with Crippen LogP contribution in [0, 0.1) is 5.82 Å². The monoisotopic (exact) mass is 380 g/mol. The number of rotatable bonds is 4. The number of pyridine rings is 1. The number of nitrogens with zero attached hydrogens (tertiary/aromatic N) is 4. The van der Waals surface area contributed by atoms with Crippen molar-refractivity contribution >= 4 is 17.2 Å². The molecule has 28 heavy (non-hydrogen) atoms. The van der Waals surface area contributed by atoms with Crippen molar-refractivity contribution in [2.75, 3.05) is 37.7 Å². The van der Waals surface area contributed by atoms with Gasteiger partial charge in [0, 0.05) is 50.6 Å². The van der Waals surface area contributed by atoms with Gasteiger partial charge in [-0.3, -0.25) is 4.79 Å². The molecule has 7 heteroatoms. The van der Waals surface area contributed by atoms with Crippen LogP contribution in [0.15, 0.2) is 42.7 Å². The first kappa shape index (κ1) is 17.2. The molecular formula is C21H21FN4O2. The highest BCUT2D eigenvalue weighted by atomic mass is 19.1. The van der Waals surface area contributed by atoms with Crippen LogP contribution in [0.25, 0.3) is 5.65 Å². The molecule has 0 spiro atoms. The Morgan fingerprint density at radius 2 is 2.00 bits per heavy atom. The first-order chi connectivity index (χ1) is 13.7. The Labute approximate surface area is 162 Å². The lowest BCUT2D eigenvalue weighted by molar-refractivity contribution is 0.0779. The number of anilines is 1. The van der Waals surface area contributed by atoms with E-state index in [4.69, 9.17) is 4.74 Å². The summed E-state index contributed by atoms with van der Waals surface area (Å²) < 4.78 is 21.8. The van der Waals surface area contributed by atoms with Crippen LogP contribution in [-0.4, -0.2) is 53.0 Å². The van der Waals surface area contributed by atoms with E-state index in [1.165, 1.54) is 6.07 Å². The van der Waals surface area contributed by atoms with E-state index in [0.717, 1.165) is 17.0 Å². The van der Waals surface area contributed by atoms with E-state index in [0.29, 0.717) is 56.9 Å². The Kier molecular flexibility index (Phi) is 4.24. The fourth-order valence-electron chi connectivity index (χ4n) is 4.03. The zero-order valence-corrected chi connectivity index (χ0v) is 15.5. The summed E-state index contributed by atoms with van der Waals surface area (Å²) in [7, 11) is 0. The molecule has 4 heterocycles. The van der Waals surface area contributed by atoms with Crippen LogP contribution in [0.2, 0.25) is 0 Å². The molecule has 0 aliphatic carbocycles. The van der Waals surface area contributed by atoms with Gasteiger partial charge in [-0.15, -0.1) is 0 Å². The van der Waals surface area contributed by atoms with Crippen LogP contribution in [0.1, 0.15) is 21.6 Å². The SMILES string of the molecule is O=C1c2c(N3CCOCC3)ccc(F)c2CN1CCc1cn2ccccc2n1. The number of halogens is 1. The number of fused-ring (bicyclic) bond motifs is 2. The molecule has 6 nitrogen and oxygen atoms in total. The van der Waals surface area contributed by atoms with E-state index in [2.05, 4.69) is 9.88 Å². The van der Waals surface area contributed by atoms with Crippen LogP contribution < -0.4 is 4.90 Å². The number of morpholine rings is 1. The zero-order chi connectivity index (χ0) is 19.1. The molecule has 0 saturated carbocycles. The van der Waals surface area contributed by atoms with Crippen molar-refractivity contribution in [3.63, 3.8) is 0 Å². The van der Waals surface area contributed by atoms with Gasteiger partial charge in [0.25, 0.3) is 5.91 Å². The highest BCUT2D eigenvalue weighted by molar-refractivity contribution is 6.03. The fraction of sp³-hybridized carbons (Fsp3) is 0.333. The van der Waals surface area contributed by atoms with Crippen LogP contribution in [-0.2, 0) is 17.7 Å². The third kappa shape index (κ3) is 2.92. The topological polar surface area (TPSA) is 50.1 Å². The molecular weight excluding hydrogens is 359 g/mol. The second-order valence-electron chi connectivity index (χ2n) is 7.19. The molecule has 0 unspecified atom stereocenters. The lowest BCUT2D eigenvalue weighted by Gasteiger charge is -2.30. The van der Waals surface area contributed by atoms with Crippen molar-refractivity contribution in [2.24, 2.45) is 0 Å². The molecule has 0 atom stereocenters. The number of aromatic nitrogens is 2. The summed E-state index contributed by atoms with van der Waals surface area (Å²) in [6.07, 6.45) is 4.56. The van der Waals surface area contributed by atoms with Gasteiger partial charge in [-0.25, -0.2) is 9.37 Å². The molecule has 2 aliphatic rings. The standard InChI is InChI=1S/C21H21FN4O2/c22-17-4-5-18(24-9-11-28-12-10-24)20-16(17)14-26(21(20)27)8-6-15-13-25-7-2-1-3-19(25)23-15/h1-5,7,13H,6,8-12,14H2. The second kappa shape index (κ2) is 6.91. The molecule has 1 saturated heterocycles. The van der Waals surface area contributed by atoms with Crippen molar-refractivity contribution in [3.05, 3.63) is 65.4 Å². The number of amides is 1. The maximum absolute atomic E-state index is 14.4. The summed E-state index contributed by atoms with van der Waals surface area (Å²) in [6, 6.07) is 9.05. The Morgan fingerprint density at radius 3 is 2.82 bits per heavy atom. The number of hydrogen-bond donors (Lipinski definition) is 0. The molecule has 5 rings (SSSR count). The zero-order valence-electron chi connectivity index (χ0n) is 15.5. The molecule has 0 bridgehead atoms. The third-order valence-electron chi connectivity index (χ3n) is 5.49. The number of hydrogen-bond acceptors (Lipinski definition) is 4. The van der Waals surface area contributed by atoms with Crippen LogP contribution in [0.5, 0.6) is 0 Å². The minimum atomic E-state index is -0.310. The molecule has 1 aromatic carbocycles. The fourth-order valence-corrected chi connectivity index (χ4v) is 4.03. The maximum atomic E-state index is 14.4. The van der Waals surface area contributed by atoms with E-state index >= 15 is 0 Å². The number of benzene rings is 1. The number of carbonyl (C=O) groups excluding carboxylic acids is 1. The lowest BCUT2D eigenvalue weighted by Crippen LogP contribution is -2.37. The van der Waals surface area contributed by atoms with Gasteiger partial charge in [-0.05, 0) is 24.3 Å². The minimum absolute atomic E-state index is 0.0974. The van der Waals surface area contributed by atoms with Gasteiger partial charge in [-0.1, -0.05) is 6.07 Å². The van der Waals surface area contributed by atoms with Gasteiger partial charge in [0.15, 0.2) is 0 Å². The van der Waals surface area contributed by atoms with Crippen LogP contribution in [0.4, 0.5) is 10.1 Å². The van der Waals surface area contributed by atoms with Crippen LogP contribution >= 0.6 is 0 Å². The maximum Gasteiger partial charge on any atom is 0.256 e. The molecule has 2 aromatic heterocycles. The van der Waals surface area contributed by atoms with Crippen molar-refractivity contribution < 1.29 is 13.9 Å². The Bertz CT molecular complexity index is 1010. The van der Waals surface area contributed by atoms with Gasteiger partial charge in [0.1, 0.15) is 11.5 Å². The van der Waals surface area contributed by atoms with Gasteiger partial charge in [0.2, 0.25) is 0 Å². The normalized spacial score (nSPS) is 16.8. The van der Waals surface area contributed by atoms with Gasteiger partial charge in [-0.2, -0.15) is 0 Å². The van der Waals surface area contributed by atoms with E-state index in [1.54, 1.807) is 11.0 Å². The average Bonchev–Trinajstić information content (AvgIpc) is 3.29. The lowest BCUT2D eigenvalue weighted by atomic mass is 10.1. The summed E-state index contributed by atoms with van der Waals surface area (Å²) in [5.74, 6) is -0.407. The van der Waals surface area contributed by atoms with E-state index in [1.807, 2.05) is 35.0 Å². The van der Waals surface area contributed by atoms with Gasteiger partial charge < -0.3 is 18.9 Å². The molecule has 144 valence electrons. The third-order valence-corrected chi connectivity index (χ3v) is 5.49. The van der Waals surface area contributed by atoms with Gasteiger partial charge >= 0.3 is 0 Å².